The van der Waals surface area contributed by atoms with Crippen LogP contribution in [0.4, 0.5) is 0 Å². The van der Waals surface area contributed by atoms with Crippen LogP contribution in [-0.2, 0) is 12.8 Å². The van der Waals surface area contributed by atoms with Crippen LogP contribution in [0.3, 0.4) is 0 Å². The van der Waals surface area contributed by atoms with Gasteiger partial charge < -0.3 is 4.42 Å². The van der Waals surface area contributed by atoms with E-state index in [9.17, 15) is 4.79 Å². The molecule has 0 aliphatic rings. The third-order valence-corrected chi connectivity index (χ3v) is 2.93. The molecule has 0 amide bonds. The molecule has 88 valence electrons. The number of aromatic nitrogens is 1. The molecule has 2 aromatic rings. The fraction of sp³-hybridized carbons (Fsp3) is 0.231. The zero-order chi connectivity index (χ0) is 12.3. The Hall–Kier alpha value is -1.42. The highest BCUT2D eigenvalue weighted by molar-refractivity contribution is 9.10. The van der Waals surface area contributed by atoms with Gasteiger partial charge in [-0.2, -0.15) is 0 Å². The predicted octanol–water partition coefficient (Wildman–Crippen LogP) is 3.42. The first-order valence-electron chi connectivity index (χ1n) is 5.39. The number of pyridine rings is 1. The summed E-state index contributed by atoms with van der Waals surface area (Å²) < 4.78 is 6.13. The van der Waals surface area contributed by atoms with Crippen molar-refractivity contribution in [3.63, 3.8) is 0 Å². The molecule has 4 heteroatoms. The molecule has 0 aromatic carbocycles. The molecule has 0 aliphatic heterocycles. The number of aryl methyl sites for hydroxylation is 1. The predicted molar refractivity (Wildman–Crippen MR) is 68.1 cm³/mol. The van der Waals surface area contributed by atoms with E-state index in [4.69, 9.17) is 4.42 Å². The van der Waals surface area contributed by atoms with E-state index in [1.165, 1.54) is 0 Å². The van der Waals surface area contributed by atoms with Gasteiger partial charge in [-0.25, -0.2) is 0 Å². The van der Waals surface area contributed by atoms with E-state index in [2.05, 4.69) is 20.9 Å². The lowest BCUT2D eigenvalue weighted by Gasteiger charge is -2.01. The van der Waals surface area contributed by atoms with E-state index in [1.54, 1.807) is 24.7 Å². The van der Waals surface area contributed by atoms with Gasteiger partial charge in [0.1, 0.15) is 5.76 Å². The maximum atomic E-state index is 12.1. The second kappa shape index (κ2) is 5.27. The first-order valence-corrected chi connectivity index (χ1v) is 6.19. The van der Waals surface area contributed by atoms with Gasteiger partial charge in [-0.05, 0) is 33.6 Å². The maximum Gasteiger partial charge on any atom is 0.170 e. The maximum absolute atomic E-state index is 12.1. The topological polar surface area (TPSA) is 43.1 Å². The number of ketones is 1. The number of furan rings is 1. The van der Waals surface area contributed by atoms with E-state index < -0.39 is 0 Å². The molecule has 0 radical (unpaired) electrons. The summed E-state index contributed by atoms with van der Waals surface area (Å²) in [5, 5.41) is 0. The Morgan fingerprint density at radius 1 is 1.47 bits per heavy atom. The Kier molecular flexibility index (Phi) is 3.74. The van der Waals surface area contributed by atoms with Crippen molar-refractivity contribution in [1.29, 1.82) is 0 Å². The standard InChI is InChI=1S/C13H12BrNO2/c1-2-13-11(3-4-17-13)12(16)6-9-5-10(14)8-15-7-9/h3-5,7-8H,2,6H2,1H3. The zero-order valence-electron chi connectivity index (χ0n) is 9.44. The van der Waals surface area contributed by atoms with E-state index in [0.29, 0.717) is 12.0 Å². The van der Waals surface area contributed by atoms with E-state index in [0.717, 1.165) is 22.2 Å². The van der Waals surface area contributed by atoms with Gasteiger partial charge in [-0.1, -0.05) is 6.92 Å². The molecule has 17 heavy (non-hydrogen) atoms. The minimum absolute atomic E-state index is 0.0653. The fourth-order valence-electron chi connectivity index (χ4n) is 1.70. The number of hydrogen-bond donors (Lipinski definition) is 0. The Balaban J connectivity index is 2.17. The van der Waals surface area contributed by atoms with Crippen molar-refractivity contribution in [1.82, 2.24) is 4.98 Å². The number of halogens is 1. The molecule has 0 saturated heterocycles. The third-order valence-electron chi connectivity index (χ3n) is 2.49. The molecule has 0 atom stereocenters. The first-order chi connectivity index (χ1) is 8.20. The molecule has 2 rings (SSSR count). The summed E-state index contributed by atoms with van der Waals surface area (Å²) in [6.07, 6.45) is 6.03. The molecule has 2 aromatic heterocycles. The van der Waals surface area contributed by atoms with Crippen LogP contribution in [0.1, 0.15) is 28.6 Å². The summed E-state index contributed by atoms with van der Waals surface area (Å²) in [4.78, 5) is 16.1. The SMILES string of the molecule is CCc1occc1C(=O)Cc1cncc(Br)c1. The molecule has 0 unspecified atom stereocenters. The molecule has 0 N–H and O–H groups in total. The van der Waals surface area contributed by atoms with Crippen molar-refractivity contribution in [2.24, 2.45) is 0 Å². The van der Waals surface area contributed by atoms with Gasteiger partial charge in [0.25, 0.3) is 0 Å². The minimum atomic E-state index is 0.0653. The molecule has 0 aliphatic carbocycles. The highest BCUT2D eigenvalue weighted by Gasteiger charge is 2.13. The van der Waals surface area contributed by atoms with Crippen molar-refractivity contribution in [3.8, 4) is 0 Å². The highest BCUT2D eigenvalue weighted by atomic mass is 79.9. The third kappa shape index (κ3) is 2.82. The Morgan fingerprint density at radius 2 is 2.29 bits per heavy atom. The summed E-state index contributed by atoms with van der Waals surface area (Å²) in [5.41, 5.74) is 1.57. The minimum Gasteiger partial charge on any atom is -0.469 e. The first kappa shape index (κ1) is 12.0. The van der Waals surface area contributed by atoms with Gasteiger partial charge in [-0.3, -0.25) is 9.78 Å². The van der Waals surface area contributed by atoms with Crippen molar-refractivity contribution in [2.75, 3.05) is 0 Å². The van der Waals surface area contributed by atoms with Crippen molar-refractivity contribution in [2.45, 2.75) is 19.8 Å². The zero-order valence-corrected chi connectivity index (χ0v) is 11.0. The van der Waals surface area contributed by atoms with Crippen LogP contribution in [0.25, 0.3) is 0 Å². The number of hydrogen-bond acceptors (Lipinski definition) is 3. The molecular weight excluding hydrogens is 282 g/mol. The van der Waals surface area contributed by atoms with Crippen LogP contribution in [0.15, 0.2) is 39.7 Å². The average molecular weight is 294 g/mol. The van der Waals surface area contributed by atoms with Crippen molar-refractivity contribution < 1.29 is 9.21 Å². The molecule has 0 saturated carbocycles. The highest BCUT2D eigenvalue weighted by Crippen LogP contribution is 2.16. The lowest BCUT2D eigenvalue weighted by molar-refractivity contribution is 0.0991. The van der Waals surface area contributed by atoms with Crippen molar-refractivity contribution >= 4 is 21.7 Å². The number of rotatable bonds is 4. The fourth-order valence-corrected chi connectivity index (χ4v) is 2.11. The Morgan fingerprint density at radius 3 is 3.00 bits per heavy atom. The van der Waals surface area contributed by atoms with Crippen LogP contribution in [-0.4, -0.2) is 10.8 Å². The van der Waals surface area contributed by atoms with E-state index in [-0.39, 0.29) is 5.78 Å². The van der Waals surface area contributed by atoms with Gasteiger partial charge in [-0.15, -0.1) is 0 Å². The molecular formula is C13H12BrNO2. The largest absolute Gasteiger partial charge is 0.469 e. The molecule has 0 spiro atoms. The monoisotopic (exact) mass is 293 g/mol. The van der Waals surface area contributed by atoms with Crippen LogP contribution >= 0.6 is 15.9 Å². The number of Topliss-reactive ketones (excluding diaryl/α,β-unsaturated/α-hetero) is 1. The lowest BCUT2D eigenvalue weighted by Crippen LogP contribution is -2.05. The van der Waals surface area contributed by atoms with Gasteiger partial charge in [0.15, 0.2) is 5.78 Å². The molecule has 2 heterocycles. The van der Waals surface area contributed by atoms with Crippen LogP contribution in [0.5, 0.6) is 0 Å². The van der Waals surface area contributed by atoms with E-state index >= 15 is 0 Å². The molecule has 0 fully saturated rings. The second-order valence-electron chi connectivity index (χ2n) is 3.72. The van der Waals surface area contributed by atoms with Crippen LogP contribution in [0.2, 0.25) is 0 Å². The summed E-state index contributed by atoms with van der Waals surface area (Å²) in [6.45, 7) is 1.97. The summed E-state index contributed by atoms with van der Waals surface area (Å²) in [6, 6.07) is 3.63. The van der Waals surface area contributed by atoms with Gasteiger partial charge in [0, 0.05) is 29.7 Å². The van der Waals surface area contributed by atoms with Crippen LogP contribution < -0.4 is 0 Å². The number of carbonyl (C=O) groups excluding carboxylic acids is 1. The quantitative estimate of drug-likeness (QED) is 0.811. The van der Waals surface area contributed by atoms with Gasteiger partial charge in [0.05, 0.1) is 11.8 Å². The van der Waals surface area contributed by atoms with Crippen molar-refractivity contribution in [3.05, 3.63) is 52.1 Å². The van der Waals surface area contributed by atoms with Gasteiger partial charge in [0.2, 0.25) is 0 Å². The Labute approximate surface area is 108 Å². The second-order valence-corrected chi connectivity index (χ2v) is 4.64. The molecule has 0 bridgehead atoms. The normalized spacial score (nSPS) is 10.5. The van der Waals surface area contributed by atoms with Gasteiger partial charge >= 0.3 is 0 Å². The average Bonchev–Trinajstić information content (AvgIpc) is 2.77. The summed E-state index contributed by atoms with van der Waals surface area (Å²) in [5.74, 6) is 0.813. The number of nitrogens with zero attached hydrogens (tertiary/aromatic N) is 1. The lowest BCUT2D eigenvalue weighted by atomic mass is 10.0. The smallest absolute Gasteiger partial charge is 0.170 e. The summed E-state index contributed by atoms with van der Waals surface area (Å²) in [7, 11) is 0. The molecule has 3 nitrogen and oxygen atoms in total. The van der Waals surface area contributed by atoms with Crippen LogP contribution in [0, 0.1) is 0 Å². The van der Waals surface area contributed by atoms with E-state index in [1.807, 2.05) is 13.0 Å². The Bertz CT molecular complexity index is 534. The summed E-state index contributed by atoms with van der Waals surface area (Å²) >= 11 is 3.34. The number of carbonyl (C=O) groups is 1.